The van der Waals surface area contributed by atoms with E-state index in [-0.39, 0.29) is 18.1 Å². The van der Waals surface area contributed by atoms with Crippen molar-refractivity contribution in [3.05, 3.63) is 65.2 Å². The number of hydrogen-bond donors (Lipinski definition) is 3. The number of rotatable bonds is 6. The van der Waals surface area contributed by atoms with Gasteiger partial charge in [-0.25, -0.2) is 4.98 Å². The molecule has 146 valence electrons. The van der Waals surface area contributed by atoms with E-state index in [0.29, 0.717) is 17.6 Å². The fraction of sp³-hybridized carbons (Fsp3) is 0.167. The van der Waals surface area contributed by atoms with Crippen LogP contribution in [0.4, 0.5) is 30.6 Å². The number of carbonyl (C=O) groups is 1. The van der Waals surface area contributed by atoms with Crippen molar-refractivity contribution in [1.82, 2.24) is 9.97 Å². The highest BCUT2D eigenvalue weighted by atomic mass is 19.4. The van der Waals surface area contributed by atoms with Crippen LogP contribution in [0.25, 0.3) is 0 Å². The van der Waals surface area contributed by atoms with Gasteiger partial charge in [-0.3, -0.25) is 4.79 Å². The lowest BCUT2D eigenvalue weighted by molar-refractivity contribution is -0.137. The van der Waals surface area contributed by atoms with Crippen molar-refractivity contribution in [3.8, 4) is 0 Å². The molecule has 1 aromatic carbocycles. The Bertz CT molecular complexity index is 987. The Hall–Kier alpha value is -3.56. The van der Waals surface area contributed by atoms with Gasteiger partial charge in [0.1, 0.15) is 17.1 Å². The first kappa shape index (κ1) is 19.2. The van der Waals surface area contributed by atoms with Gasteiger partial charge >= 0.3 is 6.18 Å². The van der Waals surface area contributed by atoms with Gasteiger partial charge in [-0.2, -0.15) is 18.2 Å². The monoisotopic (exact) mass is 391 g/mol. The highest BCUT2D eigenvalue weighted by molar-refractivity contribution is 5.94. The van der Waals surface area contributed by atoms with Crippen LogP contribution in [-0.2, 0) is 12.7 Å². The average Bonchev–Trinajstić information content (AvgIpc) is 3.14. The normalized spacial score (nSPS) is 11.3. The molecule has 7 nitrogen and oxygen atoms in total. The number of aryl methyl sites for hydroxylation is 1. The Morgan fingerprint density at radius 1 is 1.29 bits per heavy atom. The molecule has 10 heteroatoms. The van der Waals surface area contributed by atoms with Gasteiger partial charge in [0.15, 0.2) is 0 Å². The van der Waals surface area contributed by atoms with E-state index in [1.54, 1.807) is 31.2 Å². The van der Waals surface area contributed by atoms with E-state index >= 15 is 0 Å². The third-order valence-electron chi connectivity index (χ3n) is 3.87. The molecule has 3 rings (SSSR count). The summed E-state index contributed by atoms with van der Waals surface area (Å²) < 4.78 is 44.9. The van der Waals surface area contributed by atoms with Crippen LogP contribution >= 0.6 is 0 Å². The van der Waals surface area contributed by atoms with Gasteiger partial charge in [-0.1, -0.05) is 6.07 Å². The summed E-state index contributed by atoms with van der Waals surface area (Å²) in [5, 5.41) is 5.43. The quantitative estimate of drug-likeness (QED) is 0.589. The Kier molecular flexibility index (Phi) is 5.21. The predicted molar refractivity (Wildman–Crippen MR) is 96.0 cm³/mol. The van der Waals surface area contributed by atoms with Crippen LogP contribution in [0.2, 0.25) is 0 Å². The number of aromatic nitrogens is 2. The van der Waals surface area contributed by atoms with Crippen molar-refractivity contribution >= 4 is 23.4 Å². The van der Waals surface area contributed by atoms with Crippen LogP contribution in [-0.4, -0.2) is 15.9 Å². The molecule has 0 atom stereocenters. The minimum atomic E-state index is -4.63. The van der Waals surface area contributed by atoms with Crippen molar-refractivity contribution in [1.29, 1.82) is 0 Å². The van der Waals surface area contributed by atoms with Gasteiger partial charge in [0.05, 0.1) is 12.8 Å². The largest absolute Gasteiger partial charge is 0.467 e. The fourth-order valence-corrected chi connectivity index (χ4v) is 2.40. The molecule has 0 saturated carbocycles. The molecule has 0 fully saturated rings. The molecule has 2 aromatic heterocycles. The Balaban J connectivity index is 1.91. The molecule has 1 amide bonds. The first-order valence-electron chi connectivity index (χ1n) is 8.12. The maximum atomic E-state index is 13.3. The zero-order chi connectivity index (χ0) is 20.3. The van der Waals surface area contributed by atoms with Gasteiger partial charge in [-0.15, -0.1) is 0 Å². The standard InChI is InChI=1S/C18H16F3N5O2/c1-10-4-5-11(15(22)27)7-14(10)25-17-24-9-13(18(19,20)21)16(26-17)23-8-12-3-2-6-28-12/h2-7,9H,8H2,1H3,(H2,22,27)(H2,23,24,25,26). The SMILES string of the molecule is Cc1ccc(C(N)=O)cc1Nc1ncc(C(F)(F)F)c(NCc2ccco2)n1. The molecule has 0 radical (unpaired) electrons. The summed E-state index contributed by atoms with van der Waals surface area (Å²) >= 11 is 0. The second-order valence-corrected chi connectivity index (χ2v) is 5.91. The Labute approximate surface area is 157 Å². The summed E-state index contributed by atoms with van der Waals surface area (Å²) in [4.78, 5) is 19.0. The van der Waals surface area contributed by atoms with Gasteiger partial charge in [0, 0.05) is 17.4 Å². The molecule has 4 N–H and O–H groups in total. The molecule has 0 aliphatic rings. The average molecular weight is 391 g/mol. The van der Waals surface area contributed by atoms with Crippen molar-refractivity contribution in [3.63, 3.8) is 0 Å². The van der Waals surface area contributed by atoms with Gasteiger partial charge < -0.3 is 20.8 Å². The molecular formula is C18H16F3N5O2. The van der Waals surface area contributed by atoms with E-state index in [4.69, 9.17) is 10.2 Å². The number of carbonyl (C=O) groups excluding carboxylic acids is 1. The van der Waals surface area contributed by atoms with E-state index < -0.39 is 23.5 Å². The second kappa shape index (κ2) is 7.59. The molecule has 0 spiro atoms. The van der Waals surface area contributed by atoms with Crippen molar-refractivity contribution in [2.24, 2.45) is 5.73 Å². The Morgan fingerprint density at radius 2 is 2.07 bits per heavy atom. The number of anilines is 3. The number of furan rings is 1. The number of hydrogen-bond acceptors (Lipinski definition) is 6. The van der Waals surface area contributed by atoms with E-state index in [2.05, 4.69) is 20.6 Å². The fourth-order valence-electron chi connectivity index (χ4n) is 2.40. The molecule has 0 unspecified atom stereocenters. The number of primary amides is 1. The lowest BCUT2D eigenvalue weighted by Crippen LogP contribution is -2.15. The van der Waals surface area contributed by atoms with Crippen molar-refractivity contribution < 1.29 is 22.4 Å². The molecule has 28 heavy (non-hydrogen) atoms. The summed E-state index contributed by atoms with van der Waals surface area (Å²) in [6, 6.07) is 7.94. The van der Waals surface area contributed by atoms with Crippen LogP contribution in [0.5, 0.6) is 0 Å². The van der Waals surface area contributed by atoms with Crippen LogP contribution in [0.15, 0.2) is 47.2 Å². The number of halogens is 3. The first-order chi connectivity index (χ1) is 13.2. The maximum absolute atomic E-state index is 13.3. The molecular weight excluding hydrogens is 375 g/mol. The number of nitrogens with one attached hydrogen (secondary N) is 2. The summed E-state index contributed by atoms with van der Waals surface area (Å²) in [5.41, 5.74) is 5.69. The number of alkyl halides is 3. The predicted octanol–water partition coefficient (Wildman–Crippen LogP) is 3.85. The highest BCUT2D eigenvalue weighted by Gasteiger charge is 2.35. The van der Waals surface area contributed by atoms with E-state index in [1.165, 1.54) is 12.3 Å². The molecule has 0 aliphatic heterocycles. The lowest BCUT2D eigenvalue weighted by atomic mass is 10.1. The van der Waals surface area contributed by atoms with Crippen LogP contribution in [0, 0.1) is 6.92 Å². The lowest BCUT2D eigenvalue weighted by Gasteiger charge is -2.15. The number of nitrogens with two attached hydrogens (primary N) is 1. The van der Waals surface area contributed by atoms with Crippen molar-refractivity contribution in [2.75, 3.05) is 10.6 Å². The van der Waals surface area contributed by atoms with Gasteiger partial charge in [0.2, 0.25) is 11.9 Å². The summed E-state index contributed by atoms with van der Waals surface area (Å²) in [6.07, 6.45) is -2.53. The van der Waals surface area contributed by atoms with Gasteiger partial charge in [0.25, 0.3) is 0 Å². The van der Waals surface area contributed by atoms with Gasteiger partial charge in [-0.05, 0) is 36.8 Å². The van der Waals surface area contributed by atoms with E-state index in [1.807, 2.05) is 0 Å². The highest BCUT2D eigenvalue weighted by Crippen LogP contribution is 2.34. The minimum Gasteiger partial charge on any atom is -0.467 e. The van der Waals surface area contributed by atoms with Crippen LogP contribution in [0.1, 0.15) is 27.2 Å². The molecule has 0 saturated heterocycles. The van der Waals surface area contributed by atoms with Crippen LogP contribution < -0.4 is 16.4 Å². The number of amides is 1. The van der Waals surface area contributed by atoms with E-state index in [0.717, 1.165) is 5.56 Å². The van der Waals surface area contributed by atoms with Crippen molar-refractivity contribution in [2.45, 2.75) is 19.6 Å². The number of benzene rings is 1. The summed E-state index contributed by atoms with van der Waals surface area (Å²) in [6.45, 7) is 1.77. The third-order valence-corrected chi connectivity index (χ3v) is 3.87. The smallest absolute Gasteiger partial charge is 0.421 e. The first-order valence-corrected chi connectivity index (χ1v) is 8.12. The van der Waals surface area contributed by atoms with Crippen LogP contribution in [0.3, 0.4) is 0 Å². The molecule has 2 heterocycles. The number of nitrogens with zero attached hydrogens (tertiary/aromatic N) is 2. The maximum Gasteiger partial charge on any atom is 0.421 e. The van der Waals surface area contributed by atoms with E-state index in [9.17, 15) is 18.0 Å². The zero-order valence-corrected chi connectivity index (χ0v) is 14.7. The Morgan fingerprint density at radius 3 is 2.71 bits per heavy atom. The minimum absolute atomic E-state index is 0.0166. The molecule has 0 bridgehead atoms. The molecule has 0 aliphatic carbocycles. The summed E-state index contributed by atoms with van der Waals surface area (Å²) in [5.74, 6) is -0.645. The topological polar surface area (TPSA) is 106 Å². The third kappa shape index (κ3) is 4.40. The molecule has 3 aromatic rings. The summed E-state index contributed by atoms with van der Waals surface area (Å²) in [7, 11) is 0. The second-order valence-electron chi connectivity index (χ2n) is 5.91. The zero-order valence-electron chi connectivity index (χ0n) is 14.7.